The maximum Gasteiger partial charge on any atom is 0.234 e. The summed E-state index contributed by atoms with van der Waals surface area (Å²) >= 11 is 6.01. The lowest BCUT2D eigenvalue weighted by atomic mass is 10.0. The van der Waals surface area contributed by atoms with Gasteiger partial charge in [0.15, 0.2) is 0 Å². The van der Waals surface area contributed by atoms with E-state index in [1.807, 2.05) is 36.4 Å². The number of rotatable bonds is 12. The lowest BCUT2D eigenvalue weighted by molar-refractivity contribution is -0.122. The molecule has 0 aliphatic carbocycles. The van der Waals surface area contributed by atoms with Gasteiger partial charge < -0.3 is 19.4 Å². The van der Waals surface area contributed by atoms with E-state index in [0.717, 1.165) is 85.0 Å². The number of carbonyl (C=O) groups excluding carboxylic acids is 1. The van der Waals surface area contributed by atoms with E-state index in [4.69, 9.17) is 20.8 Å². The number of halogens is 1. The van der Waals surface area contributed by atoms with Gasteiger partial charge in [0, 0.05) is 54.8 Å². The molecule has 0 atom stereocenters. The van der Waals surface area contributed by atoms with Gasteiger partial charge >= 0.3 is 0 Å². The number of nitrogens with zero attached hydrogens (tertiary/aromatic N) is 2. The predicted molar refractivity (Wildman–Crippen MR) is 147 cm³/mol. The molecule has 1 amide bonds. The minimum Gasteiger partial charge on any atom is -0.493 e. The molecule has 194 valence electrons. The topological polar surface area (TPSA) is 58.0 Å². The lowest BCUT2D eigenvalue weighted by Gasteiger charge is -2.34. The summed E-state index contributed by atoms with van der Waals surface area (Å²) in [7, 11) is 0. The normalized spacial score (nSPS) is 15.0. The van der Waals surface area contributed by atoms with Gasteiger partial charge in [-0.25, -0.2) is 0 Å². The minimum atomic E-state index is 0.144. The summed E-state index contributed by atoms with van der Waals surface area (Å²) in [5, 5.41) is 4.80. The van der Waals surface area contributed by atoms with Gasteiger partial charge in [0.1, 0.15) is 11.3 Å². The second-order valence-electron chi connectivity index (χ2n) is 10.0. The Morgan fingerprint density at radius 1 is 1.03 bits per heavy atom. The van der Waals surface area contributed by atoms with E-state index >= 15 is 0 Å². The Bertz CT molecular complexity index is 1100. The maximum absolute atomic E-state index is 12.0. The fourth-order valence-corrected chi connectivity index (χ4v) is 4.63. The second kappa shape index (κ2) is 13.1. The zero-order valence-corrected chi connectivity index (χ0v) is 22.2. The molecule has 2 heterocycles. The summed E-state index contributed by atoms with van der Waals surface area (Å²) in [6.07, 6.45) is 5.13. The molecule has 1 fully saturated rings. The third-order valence-corrected chi connectivity index (χ3v) is 6.88. The van der Waals surface area contributed by atoms with Crippen LogP contribution in [-0.4, -0.2) is 68.1 Å². The van der Waals surface area contributed by atoms with Crippen LogP contribution >= 0.6 is 11.6 Å². The lowest BCUT2D eigenvalue weighted by Crippen LogP contribution is -2.49. The van der Waals surface area contributed by atoms with Crippen LogP contribution in [0.25, 0.3) is 22.1 Å². The monoisotopic (exact) mass is 511 g/mol. The molecule has 0 saturated carbocycles. The number of hydrogen-bond donors (Lipinski definition) is 1. The molecule has 0 bridgehead atoms. The molecule has 2 aromatic carbocycles. The molecule has 6 nitrogen and oxygen atoms in total. The van der Waals surface area contributed by atoms with Crippen LogP contribution < -0.4 is 10.1 Å². The van der Waals surface area contributed by atoms with Gasteiger partial charge in [-0.2, -0.15) is 0 Å². The van der Waals surface area contributed by atoms with Crippen molar-refractivity contribution in [1.82, 2.24) is 15.1 Å². The van der Waals surface area contributed by atoms with Gasteiger partial charge in [-0.1, -0.05) is 37.6 Å². The van der Waals surface area contributed by atoms with Crippen LogP contribution in [0, 0.1) is 5.92 Å². The molecule has 36 heavy (non-hydrogen) atoms. The quantitative estimate of drug-likeness (QED) is 0.316. The Morgan fingerprint density at radius 2 is 1.78 bits per heavy atom. The van der Waals surface area contributed by atoms with E-state index in [0.29, 0.717) is 19.1 Å². The van der Waals surface area contributed by atoms with Gasteiger partial charge in [-0.3, -0.25) is 9.69 Å². The van der Waals surface area contributed by atoms with Crippen molar-refractivity contribution in [2.24, 2.45) is 5.92 Å². The van der Waals surface area contributed by atoms with E-state index in [-0.39, 0.29) is 5.91 Å². The molecule has 0 spiro atoms. The van der Waals surface area contributed by atoms with Crippen molar-refractivity contribution in [3.63, 3.8) is 0 Å². The Morgan fingerprint density at radius 3 is 2.53 bits per heavy atom. The molecular formula is C29H38ClN3O3. The molecule has 1 aliphatic rings. The first-order valence-corrected chi connectivity index (χ1v) is 13.5. The van der Waals surface area contributed by atoms with E-state index in [1.165, 1.54) is 6.42 Å². The van der Waals surface area contributed by atoms with E-state index < -0.39 is 0 Å². The van der Waals surface area contributed by atoms with E-state index in [9.17, 15) is 4.79 Å². The molecule has 7 heteroatoms. The highest BCUT2D eigenvalue weighted by atomic mass is 35.5. The average molecular weight is 512 g/mol. The number of fused-ring (bicyclic) bond motifs is 1. The predicted octanol–water partition coefficient (Wildman–Crippen LogP) is 5.69. The zero-order chi connectivity index (χ0) is 25.3. The first kappa shape index (κ1) is 26.5. The molecule has 1 aliphatic heterocycles. The number of nitrogens with one attached hydrogen (secondary N) is 1. The maximum atomic E-state index is 12.0. The molecule has 3 aromatic rings. The van der Waals surface area contributed by atoms with Crippen LogP contribution in [0.3, 0.4) is 0 Å². The van der Waals surface area contributed by atoms with Gasteiger partial charge in [0.2, 0.25) is 5.91 Å². The van der Waals surface area contributed by atoms with Gasteiger partial charge in [-0.15, -0.1) is 0 Å². The summed E-state index contributed by atoms with van der Waals surface area (Å²) in [5.41, 5.74) is 2.97. The summed E-state index contributed by atoms with van der Waals surface area (Å²) in [6.45, 7) is 11.3. The SMILES string of the molecule is CC(C)CNC(=O)CN1CCN(CCCCCOc2ccc3c(-c4ccc(Cl)cc4)coc3c2)CC1. The molecule has 1 saturated heterocycles. The number of unbranched alkanes of at least 4 members (excludes halogenated alkanes) is 2. The summed E-state index contributed by atoms with van der Waals surface area (Å²) < 4.78 is 11.8. The Hall–Kier alpha value is -2.54. The summed E-state index contributed by atoms with van der Waals surface area (Å²) in [6, 6.07) is 13.8. The molecule has 4 rings (SSSR count). The van der Waals surface area contributed by atoms with Crippen molar-refractivity contribution in [1.29, 1.82) is 0 Å². The number of piperazine rings is 1. The average Bonchev–Trinajstić information content (AvgIpc) is 3.29. The number of ether oxygens (including phenoxy) is 1. The van der Waals surface area contributed by atoms with Gasteiger partial charge in [0.25, 0.3) is 0 Å². The van der Waals surface area contributed by atoms with Crippen LogP contribution in [0.1, 0.15) is 33.1 Å². The van der Waals surface area contributed by atoms with Crippen LogP contribution in [0.4, 0.5) is 0 Å². The molecule has 0 radical (unpaired) electrons. The molecule has 1 aromatic heterocycles. The Balaban J connectivity index is 1.11. The highest BCUT2D eigenvalue weighted by Crippen LogP contribution is 2.33. The van der Waals surface area contributed by atoms with Gasteiger partial charge in [0.05, 0.1) is 19.4 Å². The van der Waals surface area contributed by atoms with E-state index in [1.54, 1.807) is 6.26 Å². The second-order valence-corrected chi connectivity index (χ2v) is 10.5. The van der Waals surface area contributed by atoms with Crippen molar-refractivity contribution in [3.05, 3.63) is 53.8 Å². The van der Waals surface area contributed by atoms with Crippen LogP contribution in [0.2, 0.25) is 5.02 Å². The first-order valence-electron chi connectivity index (χ1n) is 13.1. The third kappa shape index (κ3) is 7.73. The summed E-state index contributed by atoms with van der Waals surface area (Å²) in [5.74, 6) is 1.48. The highest BCUT2D eigenvalue weighted by molar-refractivity contribution is 6.30. The fourth-order valence-electron chi connectivity index (χ4n) is 4.50. The number of benzene rings is 2. The van der Waals surface area contributed by atoms with Crippen molar-refractivity contribution in [2.45, 2.75) is 33.1 Å². The van der Waals surface area contributed by atoms with Crippen molar-refractivity contribution >= 4 is 28.5 Å². The van der Waals surface area contributed by atoms with Crippen molar-refractivity contribution in [2.75, 3.05) is 52.4 Å². The highest BCUT2D eigenvalue weighted by Gasteiger charge is 2.18. The molecule has 0 unspecified atom stereocenters. The Labute approximate surface area is 219 Å². The van der Waals surface area contributed by atoms with Gasteiger partial charge in [-0.05, 0) is 61.6 Å². The van der Waals surface area contributed by atoms with Crippen LogP contribution in [0.5, 0.6) is 5.75 Å². The smallest absolute Gasteiger partial charge is 0.234 e. The Kier molecular flexibility index (Phi) is 9.67. The molecule has 1 N–H and O–H groups in total. The fraction of sp³-hybridized carbons (Fsp3) is 0.483. The van der Waals surface area contributed by atoms with Crippen LogP contribution in [-0.2, 0) is 4.79 Å². The van der Waals surface area contributed by atoms with Crippen LogP contribution in [0.15, 0.2) is 53.1 Å². The first-order chi connectivity index (χ1) is 17.5. The standard InChI is InChI=1S/C29H38ClN3O3/c1-22(2)19-31-29(34)20-33-15-13-32(14-16-33)12-4-3-5-17-35-25-10-11-26-27(21-36-28(26)18-25)23-6-8-24(30)9-7-23/h6-11,18,21-22H,3-5,12-17,19-20H2,1-2H3,(H,31,34). The third-order valence-electron chi connectivity index (χ3n) is 6.63. The minimum absolute atomic E-state index is 0.144. The van der Waals surface area contributed by atoms with E-state index in [2.05, 4.69) is 35.0 Å². The number of amides is 1. The summed E-state index contributed by atoms with van der Waals surface area (Å²) in [4.78, 5) is 16.8. The number of carbonyl (C=O) groups is 1. The molecular weight excluding hydrogens is 474 g/mol. The number of hydrogen-bond acceptors (Lipinski definition) is 5. The largest absolute Gasteiger partial charge is 0.493 e. The van der Waals surface area contributed by atoms with Crippen molar-refractivity contribution < 1.29 is 13.9 Å². The van der Waals surface area contributed by atoms with Crippen molar-refractivity contribution in [3.8, 4) is 16.9 Å². The number of furan rings is 1. The zero-order valence-electron chi connectivity index (χ0n) is 21.5.